The lowest BCUT2D eigenvalue weighted by atomic mass is 10.2. The molecule has 0 aliphatic rings. The van der Waals surface area contributed by atoms with E-state index in [0.717, 1.165) is 11.5 Å². The highest BCUT2D eigenvalue weighted by Crippen LogP contribution is 2.12. The summed E-state index contributed by atoms with van der Waals surface area (Å²) < 4.78 is 10.9. The van der Waals surface area contributed by atoms with Gasteiger partial charge in [0, 0.05) is 6.54 Å². The van der Waals surface area contributed by atoms with Crippen LogP contribution in [0.3, 0.4) is 0 Å². The van der Waals surface area contributed by atoms with Crippen LogP contribution in [0.15, 0.2) is 28.7 Å². The van der Waals surface area contributed by atoms with Gasteiger partial charge in [-0.25, -0.2) is 9.78 Å². The topological polar surface area (TPSA) is 84.6 Å². The van der Waals surface area contributed by atoms with Crippen LogP contribution in [0.25, 0.3) is 0 Å². The number of aromatic nitrogens is 1. The largest absolute Gasteiger partial charge is 0.492 e. The van der Waals surface area contributed by atoms with Crippen molar-refractivity contribution >= 4 is 5.97 Å². The van der Waals surface area contributed by atoms with Crippen molar-refractivity contribution in [1.29, 1.82) is 0 Å². The van der Waals surface area contributed by atoms with Crippen LogP contribution in [0.5, 0.6) is 5.75 Å². The van der Waals surface area contributed by atoms with Crippen LogP contribution in [-0.2, 0) is 6.54 Å². The van der Waals surface area contributed by atoms with Crippen molar-refractivity contribution in [2.24, 2.45) is 0 Å². The van der Waals surface area contributed by atoms with Gasteiger partial charge in [0.05, 0.1) is 17.8 Å². The Bertz CT molecular complexity index is 585. The van der Waals surface area contributed by atoms with Gasteiger partial charge in [-0.1, -0.05) is 0 Å². The smallest absolute Gasteiger partial charge is 0.335 e. The minimum Gasteiger partial charge on any atom is -0.492 e. The van der Waals surface area contributed by atoms with Crippen molar-refractivity contribution in [3.8, 4) is 5.75 Å². The first-order valence-electron chi connectivity index (χ1n) is 6.66. The summed E-state index contributed by atoms with van der Waals surface area (Å²) in [7, 11) is 0. The lowest BCUT2D eigenvalue weighted by Crippen LogP contribution is -2.20. The molecule has 0 aliphatic heterocycles. The fraction of sp³-hybridized carbons (Fsp3) is 0.333. The average molecular weight is 290 g/mol. The number of nitrogens with zero attached hydrogens (tertiary/aromatic N) is 1. The number of aryl methyl sites for hydroxylation is 2. The fourth-order valence-electron chi connectivity index (χ4n) is 1.74. The molecule has 6 nitrogen and oxygen atoms in total. The van der Waals surface area contributed by atoms with Gasteiger partial charge >= 0.3 is 5.97 Å². The predicted molar refractivity (Wildman–Crippen MR) is 76.6 cm³/mol. The van der Waals surface area contributed by atoms with E-state index in [0.29, 0.717) is 31.3 Å². The highest BCUT2D eigenvalue weighted by molar-refractivity contribution is 5.87. The molecule has 0 radical (unpaired) electrons. The number of hydrogen-bond acceptors (Lipinski definition) is 5. The molecule has 0 bridgehead atoms. The monoisotopic (exact) mass is 290 g/mol. The Morgan fingerprint density at radius 1 is 1.33 bits per heavy atom. The number of rotatable bonds is 7. The van der Waals surface area contributed by atoms with Crippen LogP contribution < -0.4 is 10.1 Å². The van der Waals surface area contributed by atoms with Gasteiger partial charge in [-0.2, -0.15) is 0 Å². The second-order valence-electron chi connectivity index (χ2n) is 4.60. The quantitative estimate of drug-likeness (QED) is 0.760. The van der Waals surface area contributed by atoms with Crippen molar-refractivity contribution in [1.82, 2.24) is 10.3 Å². The Kier molecular flexibility index (Phi) is 4.94. The molecule has 112 valence electrons. The molecule has 0 saturated carbocycles. The van der Waals surface area contributed by atoms with E-state index >= 15 is 0 Å². The number of carboxylic acids is 1. The molecule has 6 heteroatoms. The Labute approximate surface area is 122 Å². The van der Waals surface area contributed by atoms with Crippen LogP contribution in [-0.4, -0.2) is 29.2 Å². The van der Waals surface area contributed by atoms with E-state index in [9.17, 15) is 4.79 Å². The number of carboxylic acid groups (broad SMARTS) is 1. The van der Waals surface area contributed by atoms with Crippen LogP contribution in [0.2, 0.25) is 0 Å². The summed E-state index contributed by atoms with van der Waals surface area (Å²) in [5.41, 5.74) is 1.15. The number of benzene rings is 1. The zero-order valence-electron chi connectivity index (χ0n) is 12.0. The van der Waals surface area contributed by atoms with Crippen LogP contribution in [0, 0.1) is 13.8 Å². The molecular formula is C15H18N2O4. The van der Waals surface area contributed by atoms with E-state index in [1.165, 1.54) is 12.1 Å². The zero-order chi connectivity index (χ0) is 15.2. The SMILES string of the molecule is Cc1nc(CNCCOc2ccc(C(=O)O)cc2)oc1C. The molecule has 21 heavy (non-hydrogen) atoms. The van der Waals surface area contributed by atoms with Gasteiger partial charge in [-0.15, -0.1) is 0 Å². The van der Waals surface area contributed by atoms with E-state index in [4.69, 9.17) is 14.3 Å². The molecular weight excluding hydrogens is 272 g/mol. The Morgan fingerprint density at radius 2 is 2.05 bits per heavy atom. The number of nitrogens with one attached hydrogen (secondary N) is 1. The van der Waals surface area contributed by atoms with E-state index in [-0.39, 0.29) is 5.56 Å². The maximum atomic E-state index is 10.7. The normalized spacial score (nSPS) is 10.6. The van der Waals surface area contributed by atoms with E-state index in [2.05, 4.69) is 10.3 Å². The second-order valence-corrected chi connectivity index (χ2v) is 4.60. The average Bonchev–Trinajstić information content (AvgIpc) is 2.78. The van der Waals surface area contributed by atoms with Gasteiger partial charge in [0.1, 0.15) is 18.1 Å². The van der Waals surface area contributed by atoms with Crippen molar-refractivity contribution in [3.05, 3.63) is 47.2 Å². The third-order valence-electron chi connectivity index (χ3n) is 3.00. The van der Waals surface area contributed by atoms with Gasteiger partial charge in [-0.05, 0) is 38.1 Å². The molecule has 0 atom stereocenters. The molecule has 1 aromatic heterocycles. The predicted octanol–water partition coefficient (Wildman–Crippen LogP) is 2.16. The molecule has 0 amide bonds. The first-order chi connectivity index (χ1) is 10.1. The first-order valence-corrected chi connectivity index (χ1v) is 6.66. The third kappa shape index (κ3) is 4.32. The van der Waals surface area contributed by atoms with Crippen molar-refractivity contribution in [2.45, 2.75) is 20.4 Å². The molecule has 2 aromatic rings. The highest BCUT2D eigenvalue weighted by atomic mass is 16.5. The van der Waals surface area contributed by atoms with Crippen LogP contribution in [0.4, 0.5) is 0 Å². The number of hydrogen-bond donors (Lipinski definition) is 2. The molecule has 1 aromatic carbocycles. The third-order valence-corrected chi connectivity index (χ3v) is 3.00. The van der Waals surface area contributed by atoms with Crippen LogP contribution >= 0.6 is 0 Å². The number of carbonyl (C=O) groups is 1. The minimum atomic E-state index is -0.945. The van der Waals surface area contributed by atoms with Crippen molar-refractivity contribution in [3.63, 3.8) is 0 Å². The lowest BCUT2D eigenvalue weighted by molar-refractivity contribution is 0.0697. The maximum absolute atomic E-state index is 10.7. The molecule has 0 aliphatic carbocycles. The molecule has 0 spiro atoms. The van der Waals surface area contributed by atoms with Gasteiger partial charge in [-0.3, -0.25) is 0 Å². The summed E-state index contributed by atoms with van der Waals surface area (Å²) >= 11 is 0. The highest BCUT2D eigenvalue weighted by Gasteiger charge is 2.05. The molecule has 0 fully saturated rings. The maximum Gasteiger partial charge on any atom is 0.335 e. The van der Waals surface area contributed by atoms with Gasteiger partial charge in [0.2, 0.25) is 5.89 Å². The molecule has 0 saturated heterocycles. The zero-order valence-corrected chi connectivity index (χ0v) is 12.0. The fourth-order valence-corrected chi connectivity index (χ4v) is 1.74. The number of oxazole rings is 1. The summed E-state index contributed by atoms with van der Waals surface area (Å²) in [5, 5.41) is 12.0. The minimum absolute atomic E-state index is 0.245. The molecule has 0 unspecified atom stereocenters. The van der Waals surface area contributed by atoms with E-state index in [1.807, 2.05) is 13.8 Å². The molecule has 2 rings (SSSR count). The van der Waals surface area contributed by atoms with Crippen molar-refractivity contribution in [2.75, 3.05) is 13.2 Å². The van der Waals surface area contributed by atoms with E-state index in [1.54, 1.807) is 12.1 Å². The van der Waals surface area contributed by atoms with Gasteiger partial charge in [0.15, 0.2) is 0 Å². The molecule has 1 heterocycles. The number of ether oxygens (including phenoxy) is 1. The Hall–Kier alpha value is -2.34. The van der Waals surface area contributed by atoms with Crippen LogP contribution in [0.1, 0.15) is 27.7 Å². The molecule has 2 N–H and O–H groups in total. The van der Waals surface area contributed by atoms with Gasteiger partial charge < -0.3 is 19.6 Å². The summed E-state index contributed by atoms with van der Waals surface area (Å²) in [6, 6.07) is 6.32. The first kappa shape index (κ1) is 15.1. The number of aromatic carboxylic acids is 1. The summed E-state index contributed by atoms with van der Waals surface area (Å²) in [6.07, 6.45) is 0. The summed E-state index contributed by atoms with van der Waals surface area (Å²) in [4.78, 5) is 15.0. The van der Waals surface area contributed by atoms with E-state index < -0.39 is 5.97 Å². The summed E-state index contributed by atoms with van der Waals surface area (Å²) in [5.74, 6) is 1.20. The Balaban J connectivity index is 1.68. The van der Waals surface area contributed by atoms with Crippen molar-refractivity contribution < 1.29 is 19.1 Å². The van der Waals surface area contributed by atoms with Gasteiger partial charge in [0.25, 0.3) is 0 Å². The standard InChI is InChI=1S/C15H18N2O4/c1-10-11(2)21-14(17-10)9-16-7-8-20-13-5-3-12(4-6-13)15(18)19/h3-6,16H,7-9H2,1-2H3,(H,18,19). The summed E-state index contributed by atoms with van der Waals surface area (Å²) in [6.45, 7) is 5.46. The Morgan fingerprint density at radius 3 is 2.62 bits per heavy atom. The second kappa shape index (κ2) is 6.90. The lowest BCUT2D eigenvalue weighted by Gasteiger charge is -2.06.